The van der Waals surface area contributed by atoms with Crippen LogP contribution in [0.3, 0.4) is 0 Å². The van der Waals surface area contributed by atoms with Crippen molar-refractivity contribution in [2.45, 2.75) is 25.8 Å². The fourth-order valence-corrected chi connectivity index (χ4v) is 3.35. The number of fused-ring (bicyclic) bond motifs is 1. The molecule has 1 aromatic carbocycles. The molecule has 3 heterocycles. The van der Waals surface area contributed by atoms with Crippen molar-refractivity contribution in [3.8, 4) is 0 Å². The van der Waals surface area contributed by atoms with Crippen LogP contribution in [-0.2, 0) is 0 Å². The van der Waals surface area contributed by atoms with Gasteiger partial charge in [0.15, 0.2) is 11.2 Å². The van der Waals surface area contributed by atoms with Crippen molar-refractivity contribution in [3.63, 3.8) is 0 Å². The summed E-state index contributed by atoms with van der Waals surface area (Å²) in [5, 5.41) is 4.85. The number of para-hydroxylation sites is 1. The van der Waals surface area contributed by atoms with Crippen LogP contribution >= 0.6 is 0 Å². The minimum absolute atomic E-state index is 0.0981. The highest BCUT2D eigenvalue weighted by Crippen LogP contribution is 2.23. The fourth-order valence-electron chi connectivity index (χ4n) is 3.35. The first-order valence-electron chi connectivity index (χ1n) is 8.45. The van der Waals surface area contributed by atoms with Gasteiger partial charge in [-0.25, -0.2) is 0 Å². The van der Waals surface area contributed by atoms with Crippen molar-refractivity contribution in [2.24, 2.45) is 0 Å². The second-order valence-electron chi connectivity index (χ2n) is 6.52. The van der Waals surface area contributed by atoms with E-state index in [9.17, 15) is 9.59 Å². The second kappa shape index (κ2) is 6.20. The summed E-state index contributed by atoms with van der Waals surface area (Å²) >= 11 is 0. The molecule has 0 bridgehead atoms. The largest absolute Gasteiger partial charge is 0.451 e. The Labute approximate surface area is 144 Å². The third-order valence-corrected chi connectivity index (χ3v) is 4.63. The summed E-state index contributed by atoms with van der Waals surface area (Å²) in [7, 11) is 0. The number of rotatable bonds is 2. The smallest absolute Gasteiger partial charge is 0.289 e. The average molecular weight is 337 g/mol. The first kappa shape index (κ1) is 15.6. The predicted molar refractivity (Wildman–Crippen MR) is 93.6 cm³/mol. The second-order valence-corrected chi connectivity index (χ2v) is 6.52. The van der Waals surface area contributed by atoms with E-state index in [2.05, 4.69) is 5.10 Å². The van der Waals surface area contributed by atoms with Gasteiger partial charge in [-0.05, 0) is 37.5 Å². The highest BCUT2D eigenvalue weighted by atomic mass is 16.3. The van der Waals surface area contributed by atoms with Crippen molar-refractivity contribution in [2.75, 3.05) is 13.1 Å². The van der Waals surface area contributed by atoms with Crippen molar-refractivity contribution in [1.29, 1.82) is 0 Å². The highest BCUT2D eigenvalue weighted by Gasteiger charge is 2.27. The lowest BCUT2D eigenvalue weighted by Gasteiger charge is -2.32. The Hall–Kier alpha value is -2.89. The van der Waals surface area contributed by atoms with Crippen LogP contribution in [0.2, 0.25) is 0 Å². The van der Waals surface area contributed by atoms with Gasteiger partial charge in [0.25, 0.3) is 5.91 Å². The zero-order valence-corrected chi connectivity index (χ0v) is 14.0. The Bertz CT molecular complexity index is 989. The molecule has 0 spiro atoms. The summed E-state index contributed by atoms with van der Waals surface area (Å²) in [6.07, 6.45) is 5.69. The number of carbonyl (C=O) groups excluding carboxylic acids is 1. The van der Waals surface area contributed by atoms with E-state index in [-0.39, 0.29) is 23.1 Å². The SMILES string of the molecule is Cc1cnn([C@H]2CCCN(C(=O)c3cc(=O)c4ccccc4o3)C2)c1. The van der Waals surface area contributed by atoms with Gasteiger partial charge < -0.3 is 9.32 Å². The third-order valence-electron chi connectivity index (χ3n) is 4.63. The lowest BCUT2D eigenvalue weighted by Crippen LogP contribution is -2.41. The maximum atomic E-state index is 12.8. The molecule has 0 saturated carbocycles. The topological polar surface area (TPSA) is 68.3 Å². The summed E-state index contributed by atoms with van der Waals surface area (Å²) in [6.45, 7) is 3.22. The third kappa shape index (κ3) is 2.95. The molecule has 0 radical (unpaired) electrons. The van der Waals surface area contributed by atoms with E-state index >= 15 is 0 Å². The summed E-state index contributed by atoms with van der Waals surface area (Å²) < 4.78 is 7.61. The number of carbonyl (C=O) groups is 1. The number of piperidine rings is 1. The van der Waals surface area contributed by atoms with E-state index in [1.54, 1.807) is 29.2 Å². The normalized spacial score (nSPS) is 17.8. The zero-order chi connectivity index (χ0) is 17.4. The molecule has 0 unspecified atom stereocenters. The van der Waals surface area contributed by atoms with Gasteiger partial charge in [-0.1, -0.05) is 12.1 Å². The number of aromatic nitrogens is 2. The van der Waals surface area contributed by atoms with Crippen molar-refractivity contribution in [1.82, 2.24) is 14.7 Å². The molecule has 3 aromatic rings. The van der Waals surface area contributed by atoms with Gasteiger partial charge in [0.05, 0.1) is 17.6 Å². The standard InChI is InChI=1S/C19H19N3O3/c1-13-10-20-22(11-13)14-5-4-8-21(12-14)19(24)18-9-16(23)15-6-2-3-7-17(15)25-18/h2-3,6-7,9-11,14H,4-5,8,12H2,1H3/t14-/m0/s1. The van der Waals surface area contributed by atoms with Gasteiger partial charge >= 0.3 is 0 Å². The maximum absolute atomic E-state index is 12.8. The number of benzene rings is 1. The minimum atomic E-state index is -0.239. The summed E-state index contributed by atoms with van der Waals surface area (Å²) in [5.74, 6) is -0.141. The van der Waals surface area contributed by atoms with Crippen molar-refractivity contribution in [3.05, 3.63) is 64.3 Å². The molecule has 128 valence electrons. The van der Waals surface area contributed by atoms with Crippen LogP contribution in [0.5, 0.6) is 0 Å². The molecule has 4 rings (SSSR count). The zero-order valence-electron chi connectivity index (χ0n) is 14.0. The Morgan fingerprint density at radius 1 is 1.32 bits per heavy atom. The van der Waals surface area contributed by atoms with Gasteiger partial charge in [-0.2, -0.15) is 5.10 Å². The van der Waals surface area contributed by atoms with Crippen LogP contribution in [-0.4, -0.2) is 33.7 Å². The molecule has 1 aliphatic rings. The molecule has 1 aliphatic heterocycles. The van der Waals surface area contributed by atoms with E-state index in [1.807, 2.05) is 24.0 Å². The van der Waals surface area contributed by atoms with Crippen molar-refractivity contribution < 1.29 is 9.21 Å². The van der Waals surface area contributed by atoms with E-state index in [4.69, 9.17) is 4.42 Å². The Morgan fingerprint density at radius 3 is 2.96 bits per heavy atom. The minimum Gasteiger partial charge on any atom is -0.451 e. The number of nitrogens with zero attached hydrogens (tertiary/aromatic N) is 3. The Kier molecular flexibility index (Phi) is 3.87. The number of aryl methyl sites for hydroxylation is 1. The van der Waals surface area contributed by atoms with Gasteiger partial charge in [0.1, 0.15) is 5.58 Å². The number of hydrogen-bond donors (Lipinski definition) is 0. The first-order chi connectivity index (χ1) is 12.1. The van der Waals surface area contributed by atoms with Gasteiger partial charge in [0.2, 0.25) is 0 Å². The first-order valence-corrected chi connectivity index (χ1v) is 8.45. The quantitative estimate of drug-likeness (QED) is 0.721. The Balaban J connectivity index is 1.61. The molecule has 1 amide bonds. The summed E-state index contributed by atoms with van der Waals surface area (Å²) in [6, 6.07) is 8.43. The summed E-state index contributed by atoms with van der Waals surface area (Å²) in [5.41, 5.74) is 1.35. The molecule has 1 fully saturated rings. The lowest BCUT2D eigenvalue weighted by atomic mass is 10.1. The molecule has 25 heavy (non-hydrogen) atoms. The Morgan fingerprint density at radius 2 is 2.16 bits per heavy atom. The van der Waals surface area contributed by atoms with Crippen LogP contribution in [0.15, 0.2) is 51.9 Å². The van der Waals surface area contributed by atoms with E-state index in [1.165, 1.54) is 6.07 Å². The molecule has 0 aliphatic carbocycles. The molecule has 2 aromatic heterocycles. The van der Waals surface area contributed by atoms with Crippen LogP contribution in [0.1, 0.15) is 35.0 Å². The van der Waals surface area contributed by atoms with Crippen LogP contribution < -0.4 is 5.43 Å². The van der Waals surface area contributed by atoms with Gasteiger partial charge in [-0.3, -0.25) is 14.3 Å². The monoisotopic (exact) mass is 337 g/mol. The predicted octanol–water partition coefficient (Wildman–Crippen LogP) is 2.78. The summed E-state index contributed by atoms with van der Waals surface area (Å²) in [4.78, 5) is 26.8. The molecule has 1 atom stereocenters. The van der Waals surface area contributed by atoms with Crippen LogP contribution in [0.25, 0.3) is 11.0 Å². The molecule has 6 nitrogen and oxygen atoms in total. The molecular weight excluding hydrogens is 318 g/mol. The van der Waals surface area contributed by atoms with Crippen LogP contribution in [0.4, 0.5) is 0 Å². The van der Waals surface area contributed by atoms with E-state index in [0.717, 1.165) is 18.4 Å². The molecule has 0 N–H and O–H groups in total. The van der Waals surface area contributed by atoms with E-state index in [0.29, 0.717) is 24.1 Å². The molecule has 1 saturated heterocycles. The van der Waals surface area contributed by atoms with E-state index < -0.39 is 0 Å². The van der Waals surface area contributed by atoms with Crippen molar-refractivity contribution >= 4 is 16.9 Å². The number of amides is 1. The van der Waals surface area contributed by atoms with Gasteiger partial charge in [-0.15, -0.1) is 0 Å². The number of hydrogen-bond acceptors (Lipinski definition) is 4. The van der Waals surface area contributed by atoms with Crippen LogP contribution in [0, 0.1) is 6.92 Å². The highest BCUT2D eigenvalue weighted by molar-refractivity contribution is 5.93. The maximum Gasteiger partial charge on any atom is 0.289 e. The van der Waals surface area contributed by atoms with Gasteiger partial charge in [0, 0.05) is 25.4 Å². The molecule has 6 heteroatoms. The fraction of sp³-hybridized carbons (Fsp3) is 0.316. The molecular formula is C19H19N3O3. The average Bonchev–Trinajstić information content (AvgIpc) is 3.08. The lowest BCUT2D eigenvalue weighted by molar-refractivity contribution is 0.0641. The number of likely N-dealkylation sites (tertiary alicyclic amines) is 1.